The second kappa shape index (κ2) is 11.4. The molecular weight excluding hydrogens is 701 g/mol. The number of thiophene rings is 2. The van der Waals surface area contributed by atoms with Crippen LogP contribution in [-0.2, 0) is 9.59 Å². The summed E-state index contributed by atoms with van der Waals surface area (Å²) in [6, 6.07) is 20.5. The van der Waals surface area contributed by atoms with Crippen molar-refractivity contribution in [2.24, 2.45) is 0 Å². The summed E-state index contributed by atoms with van der Waals surface area (Å²) in [5.41, 5.74) is 5.52. The summed E-state index contributed by atoms with van der Waals surface area (Å²) in [6.45, 7) is 4.09. The number of carbonyl (C=O) groups excluding carboxylic acids is 2. The van der Waals surface area contributed by atoms with E-state index in [0.29, 0.717) is 22.3 Å². The van der Waals surface area contributed by atoms with Gasteiger partial charge in [0.1, 0.15) is 11.5 Å². The van der Waals surface area contributed by atoms with Gasteiger partial charge in [-0.25, -0.2) is 0 Å². The van der Waals surface area contributed by atoms with Gasteiger partial charge in [0, 0.05) is 43.0 Å². The van der Waals surface area contributed by atoms with Crippen molar-refractivity contribution in [1.82, 2.24) is 0 Å². The molecule has 9 rings (SSSR count). The van der Waals surface area contributed by atoms with Crippen LogP contribution in [0.15, 0.2) is 126 Å². The Morgan fingerprint density at radius 3 is 1.38 bits per heavy atom. The minimum Gasteiger partial charge on any atom is -0.506 e. The van der Waals surface area contributed by atoms with Crippen molar-refractivity contribution < 1.29 is 19.8 Å². The normalized spacial score (nSPS) is 20.4. The summed E-state index contributed by atoms with van der Waals surface area (Å²) in [7, 11) is 3.91. The van der Waals surface area contributed by atoms with E-state index in [-0.39, 0.29) is 23.1 Å². The molecule has 2 aliphatic carbocycles. The molecule has 0 saturated carbocycles. The second-order valence-electron chi connectivity index (χ2n) is 12.5. The van der Waals surface area contributed by atoms with Crippen LogP contribution < -0.4 is 9.80 Å². The summed E-state index contributed by atoms with van der Waals surface area (Å²) in [5.74, 6) is -0.275. The molecule has 50 heavy (non-hydrogen) atoms. The Bertz CT molecular complexity index is 2430. The topological polar surface area (TPSA) is 81.1 Å². The molecule has 6 nitrogen and oxygen atoms in total. The van der Waals surface area contributed by atoms with Gasteiger partial charge in [0.15, 0.2) is 0 Å². The maximum Gasteiger partial charge on any atom is 0.200 e. The van der Waals surface area contributed by atoms with Crippen molar-refractivity contribution in [1.29, 1.82) is 0 Å². The third kappa shape index (κ3) is 4.62. The van der Waals surface area contributed by atoms with Crippen LogP contribution in [0.1, 0.15) is 20.9 Å². The number of Topliss-reactive ketones (excluding diaryl/α,β-unsaturated/α-hetero) is 2. The van der Waals surface area contributed by atoms with Crippen molar-refractivity contribution >= 4 is 101 Å². The monoisotopic (exact) mass is 728 g/mol. The molecule has 2 aliphatic heterocycles. The van der Waals surface area contributed by atoms with Crippen molar-refractivity contribution in [2.75, 3.05) is 23.9 Å². The number of aliphatic hydroxyl groups excluding tert-OH is 2. The number of nitrogens with zero attached hydrogens (tertiary/aromatic N) is 2. The van der Waals surface area contributed by atoms with Gasteiger partial charge in [-0.1, -0.05) is 59.9 Å². The highest BCUT2D eigenvalue weighted by atomic mass is 32.2. The molecule has 0 saturated heterocycles. The molecule has 0 unspecified atom stereocenters. The number of hydrogen-bond donors (Lipinski definition) is 2. The van der Waals surface area contributed by atoms with Gasteiger partial charge in [0.25, 0.3) is 0 Å². The Morgan fingerprint density at radius 2 is 1.00 bits per heavy atom. The van der Waals surface area contributed by atoms with E-state index < -0.39 is 0 Å². The number of aliphatic hydroxyl groups is 2. The summed E-state index contributed by atoms with van der Waals surface area (Å²) in [5, 5.41) is 25.9. The van der Waals surface area contributed by atoms with E-state index in [9.17, 15) is 19.8 Å². The molecule has 2 aromatic heterocycles. The first-order chi connectivity index (χ1) is 24.1. The average molecular weight is 729 g/mol. The number of hydrogen-bond acceptors (Lipinski definition) is 10. The molecule has 10 heteroatoms. The van der Waals surface area contributed by atoms with Gasteiger partial charge < -0.3 is 20.0 Å². The Morgan fingerprint density at radius 1 is 0.600 bits per heavy atom. The molecule has 0 spiro atoms. The van der Waals surface area contributed by atoms with Crippen LogP contribution >= 0.6 is 46.2 Å². The summed E-state index contributed by atoms with van der Waals surface area (Å²) in [6.07, 6.45) is 7.15. The van der Waals surface area contributed by atoms with Crippen molar-refractivity contribution in [2.45, 2.75) is 23.6 Å². The van der Waals surface area contributed by atoms with Gasteiger partial charge in [-0.05, 0) is 84.3 Å². The maximum atomic E-state index is 13.2. The van der Waals surface area contributed by atoms with E-state index in [1.54, 1.807) is 70.5 Å². The minimum atomic E-state index is -0.163. The lowest BCUT2D eigenvalue weighted by atomic mass is 9.87. The Hall–Kier alpha value is -4.74. The van der Waals surface area contributed by atoms with Gasteiger partial charge in [0.2, 0.25) is 11.6 Å². The molecule has 5 aromatic rings. The van der Waals surface area contributed by atoms with Crippen LogP contribution in [0.25, 0.3) is 32.3 Å². The third-order valence-corrected chi connectivity index (χ3v) is 14.4. The Labute approximate surface area is 304 Å². The molecule has 2 N–H and O–H groups in total. The van der Waals surface area contributed by atoms with Crippen molar-refractivity contribution in [3.05, 3.63) is 138 Å². The quantitative estimate of drug-likeness (QED) is 0.177. The zero-order valence-corrected chi connectivity index (χ0v) is 30.6. The van der Waals surface area contributed by atoms with Gasteiger partial charge >= 0.3 is 0 Å². The Kier molecular flexibility index (Phi) is 7.12. The number of rotatable bonds is 4. The zero-order chi connectivity index (χ0) is 34.6. The predicted octanol–water partition coefficient (Wildman–Crippen LogP) is 10.5. The SMILES string of the molecule is Cc1c(C=C2C(=O)C(C=C3Sc4cc5c(cc4N3C)SC(=CC3=C(O)C(=Cc4sc6ccccc6c4C)C3=O)N5C)=C2O)sc2ccccc12. The standard InChI is InChI=1S/C40H28N2O4S4/c1-19-21-9-5-7-11-29(21)47-31(19)13-23-37(43)25(38(23)44)15-35-41(3)27-17-34-28(18-33(27)49-35)42(4)36(50-34)16-26-39(45)24(40(26)46)14-32-20(2)22-10-6-8-12-30(22)48-32/h5-18,43,45H,1-4H3. The summed E-state index contributed by atoms with van der Waals surface area (Å²) in [4.78, 5) is 34.5. The average Bonchev–Trinajstić information content (AvgIpc) is 3.83. The number of ketones is 2. The lowest BCUT2D eigenvalue weighted by molar-refractivity contribution is -0.114. The molecule has 0 atom stereocenters. The second-order valence-corrected chi connectivity index (χ2v) is 16.8. The summed E-state index contributed by atoms with van der Waals surface area (Å²) < 4.78 is 2.31. The number of thioether (sulfide) groups is 2. The maximum absolute atomic E-state index is 13.2. The van der Waals surface area contributed by atoms with E-state index in [1.165, 1.54) is 0 Å². The first kappa shape index (κ1) is 31.3. The zero-order valence-electron chi connectivity index (χ0n) is 27.3. The van der Waals surface area contributed by atoms with Crippen molar-refractivity contribution in [3.8, 4) is 0 Å². The molecule has 0 fully saturated rings. The number of aryl methyl sites for hydroxylation is 2. The molecule has 246 valence electrons. The highest BCUT2D eigenvalue weighted by Crippen LogP contribution is 2.55. The highest BCUT2D eigenvalue weighted by Gasteiger charge is 2.37. The number of allylic oxidation sites excluding steroid dienone is 6. The predicted molar refractivity (Wildman–Crippen MR) is 210 cm³/mol. The third-order valence-electron chi connectivity index (χ3n) is 9.70. The minimum absolute atomic E-state index is 0.0249. The van der Waals surface area contributed by atoms with Gasteiger partial charge in [-0.2, -0.15) is 0 Å². The van der Waals surface area contributed by atoms with Gasteiger partial charge in [0.05, 0.1) is 43.7 Å². The fraction of sp³-hybridized carbons (Fsp3) is 0.100. The van der Waals surface area contributed by atoms with E-state index >= 15 is 0 Å². The van der Waals surface area contributed by atoms with Crippen LogP contribution in [-0.4, -0.2) is 35.9 Å². The number of anilines is 2. The first-order valence-corrected chi connectivity index (χ1v) is 19.2. The fourth-order valence-corrected chi connectivity index (χ4v) is 11.2. The molecule has 0 bridgehead atoms. The molecular formula is C40H28N2O4S4. The van der Waals surface area contributed by atoms with Gasteiger partial charge in [-0.3, -0.25) is 9.59 Å². The van der Waals surface area contributed by atoms with Gasteiger partial charge in [-0.15, -0.1) is 22.7 Å². The fourth-order valence-electron chi connectivity index (χ4n) is 6.67. The largest absolute Gasteiger partial charge is 0.506 e. The smallest absolute Gasteiger partial charge is 0.200 e. The van der Waals surface area contributed by atoms with E-state index in [1.807, 2.05) is 62.0 Å². The van der Waals surface area contributed by atoms with Crippen LogP contribution in [0, 0.1) is 13.8 Å². The van der Waals surface area contributed by atoms with Crippen molar-refractivity contribution in [3.63, 3.8) is 0 Å². The van der Waals surface area contributed by atoms with Crippen LogP contribution in [0.5, 0.6) is 0 Å². The van der Waals surface area contributed by atoms with E-state index in [2.05, 4.69) is 36.4 Å². The van der Waals surface area contributed by atoms with Crippen LogP contribution in [0.2, 0.25) is 0 Å². The lowest BCUT2D eigenvalue weighted by Gasteiger charge is -2.21. The number of fused-ring (bicyclic) bond motifs is 4. The van der Waals surface area contributed by atoms with Crippen LogP contribution in [0.3, 0.4) is 0 Å². The number of benzene rings is 3. The molecule has 0 radical (unpaired) electrons. The van der Waals surface area contributed by atoms with E-state index in [4.69, 9.17) is 0 Å². The first-order valence-electron chi connectivity index (χ1n) is 15.9. The molecule has 4 aliphatic rings. The van der Waals surface area contributed by atoms with E-state index in [0.717, 1.165) is 72.3 Å². The molecule has 4 heterocycles. The highest BCUT2D eigenvalue weighted by molar-refractivity contribution is 8.04. The number of carbonyl (C=O) groups is 2. The lowest BCUT2D eigenvalue weighted by Crippen LogP contribution is -2.22. The molecule has 3 aromatic carbocycles. The summed E-state index contributed by atoms with van der Waals surface area (Å²) >= 11 is 6.33. The molecule has 0 amide bonds. The Balaban J connectivity index is 0.953. The van der Waals surface area contributed by atoms with Crippen LogP contribution in [0.4, 0.5) is 11.4 Å².